The Morgan fingerprint density at radius 1 is 1.20 bits per heavy atom. The van der Waals surface area contributed by atoms with Crippen molar-refractivity contribution in [3.05, 3.63) is 35.9 Å². The smallest absolute Gasteiger partial charge is 0.161 e. The van der Waals surface area contributed by atoms with Crippen molar-refractivity contribution in [2.24, 2.45) is 0 Å². The van der Waals surface area contributed by atoms with E-state index in [2.05, 4.69) is 17.5 Å². The number of aromatic hydroxyl groups is 2. The quantitative estimate of drug-likeness (QED) is 0.522. The van der Waals surface area contributed by atoms with E-state index in [0.29, 0.717) is 12.6 Å². The second-order valence-corrected chi connectivity index (χ2v) is 3.81. The van der Waals surface area contributed by atoms with Crippen LogP contribution in [-0.2, 0) is 6.54 Å². The molecule has 80 valence electrons. The van der Waals surface area contributed by atoms with Crippen LogP contribution in [0.2, 0.25) is 0 Å². The van der Waals surface area contributed by atoms with Crippen LogP contribution in [0, 0.1) is 0 Å². The Morgan fingerprint density at radius 2 is 1.93 bits per heavy atom. The molecule has 0 spiro atoms. The molecule has 3 nitrogen and oxygen atoms in total. The number of hydrogen-bond acceptors (Lipinski definition) is 3. The van der Waals surface area contributed by atoms with Crippen molar-refractivity contribution < 1.29 is 10.2 Å². The number of phenols is 2. The molecule has 1 aromatic carbocycles. The van der Waals surface area contributed by atoms with Crippen LogP contribution < -0.4 is 5.32 Å². The molecule has 0 bridgehead atoms. The van der Waals surface area contributed by atoms with Crippen molar-refractivity contribution in [3.8, 4) is 11.5 Å². The first kappa shape index (κ1) is 10.1. The Bertz CT molecular complexity index is 366. The lowest BCUT2D eigenvalue weighted by Crippen LogP contribution is -2.25. The number of nitrogens with one attached hydrogen (secondary N) is 1. The molecule has 0 fully saturated rings. The van der Waals surface area contributed by atoms with Crippen molar-refractivity contribution in [2.45, 2.75) is 25.4 Å². The highest BCUT2D eigenvalue weighted by molar-refractivity contribution is 5.44. The molecule has 0 aromatic heterocycles. The van der Waals surface area contributed by atoms with Crippen molar-refractivity contribution in [2.75, 3.05) is 0 Å². The molecule has 1 aliphatic carbocycles. The summed E-state index contributed by atoms with van der Waals surface area (Å²) in [5, 5.41) is 22.2. The number of rotatable bonds is 3. The van der Waals surface area contributed by atoms with Gasteiger partial charge in [0.15, 0.2) is 11.5 Å². The summed E-state index contributed by atoms with van der Waals surface area (Å²) in [6.07, 6.45) is 6.39. The fourth-order valence-corrected chi connectivity index (χ4v) is 1.76. The number of hydrogen-bond donors (Lipinski definition) is 3. The van der Waals surface area contributed by atoms with Crippen LogP contribution in [0.15, 0.2) is 30.4 Å². The fraction of sp³-hybridized carbons (Fsp3) is 0.333. The zero-order valence-corrected chi connectivity index (χ0v) is 8.48. The second-order valence-electron chi connectivity index (χ2n) is 3.81. The lowest BCUT2D eigenvalue weighted by molar-refractivity contribution is 0.396. The molecular formula is C12H15NO2. The van der Waals surface area contributed by atoms with E-state index in [4.69, 9.17) is 0 Å². The van der Waals surface area contributed by atoms with E-state index in [9.17, 15) is 10.2 Å². The molecule has 3 heteroatoms. The maximum absolute atomic E-state index is 9.57. The van der Waals surface area contributed by atoms with Gasteiger partial charge in [0.25, 0.3) is 0 Å². The molecule has 0 amide bonds. The molecule has 3 N–H and O–H groups in total. The lowest BCUT2D eigenvalue weighted by atomic mass is 10.1. The van der Waals surface area contributed by atoms with Gasteiger partial charge in [-0.15, -0.1) is 0 Å². The summed E-state index contributed by atoms with van der Waals surface area (Å²) < 4.78 is 0. The summed E-state index contributed by atoms with van der Waals surface area (Å²) >= 11 is 0. The monoisotopic (exact) mass is 205 g/mol. The van der Waals surface area contributed by atoms with Crippen molar-refractivity contribution in [3.63, 3.8) is 0 Å². The Balaban J connectivity index is 1.95. The highest BCUT2D eigenvalue weighted by Gasteiger charge is 2.11. The van der Waals surface area contributed by atoms with Gasteiger partial charge in [-0.25, -0.2) is 0 Å². The molecule has 0 saturated heterocycles. The fourth-order valence-electron chi connectivity index (χ4n) is 1.76. The largest absolute Gasteiger partial charge is 0.504 e. The van der Waals surface area contributed by atoms with Crippen LogP contribution in [0.1, 0.15) is 18.4 Å². The third kappa shape index (κ3) is 2.30. The molecule has 0 saturated carbocycles. The average Bonchev–Trinajstić information content (AvgIpc) is 2.73. The van der Waals surface area contributed by atoms with E-state index in [-0.39, 0.29) is 11.5 Å². The van der Waals surface area contributed by atoms with E-state index >= 15 is 0 Å². The number of para-hydroxylation sites is 1. The van der Waals surface area contributed by atoms with Crippen molar-refractivity contribution >= 4 is 0 Å². The first-order valence-corrected chi connectivity index (χ1v) is 5.15. The summed E-state index contributed by atoms with van der Waals surface area (Å²) in [6.45, 7) is 0.590. The van der Waals surface area contributed by atoms with Crippen molar-refractivity contribution in [1.29, 1.82) is 0 Å². The van der Waals surface area contributed by atoms with Crippen LogP contribution >= 0.6 is 0 Å². The van der Waals surface area contributed by atoms with E-state index in [1.165, 1.54) is 6.07 Å². The molecule has 0 heterocycles. The van der Waals surface area contributed by atoms with Gasteiger partial charge in [0.1, 0.15) is 0 Å². The van der Waals surface area contributed by atoms with Gasteiger partial charge in [-0.1, -0.05) is 24.3 Å². The van der Waals surface area contributed by atoms with Crippen LogP contribution in [0.4, 0.5) is 0 Å². The zero-order valence-electron chi connectivity index (χ0n) is 8.48. The van der Waals surface area contributed by atoms with E-state index < -0.39 is 0 Å². The highest BCUT2D eigenvalue weighted by Crippen LogP contribution is 2.28. The summed E-state index contributed by atoms with van der Waals surface area (Å²) in [6, 6.07) is 5.49. The van der Waals surface area contributed by atoms with Gasteiger partial charge in [-0.2, -0.15) is 0 Å². The summed E-state index contributed by atoms with van der Waals surface area (Å²) in [4.78, 5) is 0. The molecule has 2 rings (SSSR count). The molecule has 0 aliphatic heterocycles. The standard InChI is InChI=1S/C12H15NO2/c14-11-7-3-4-9(12(11)15)8-13-10-5-1-2-6-10/h1-4,7,10,13-15H,5-6,8H2. The minimum atomic E-state index is -0.0566. The SMILES string of the molecule is Oc1cccc(CNC2CC=CC2)c1O. The predicted molar refractivity (Wildman–Crippen MR) is 58.8 cm³/mol. The topological polar surface area (TPSA) is 52.5 Å². The molecule has 1 aliphatic rings. The summed E-state index contributed by atoms with van der Waals surface area (Å²) in [5.41, 5.74) is 0.738. The minimum absolute atomic E-state index is 0.0176. The molecule has 0 atom stereocenters. The predicted octanol–water partition coefficient (Wildman–Crippen LogP) is 1.91. The first-order valence-electron chi connectivity index (χ1n) is 5.15. The molecule has 0 unspecified atom stereocenters. The van der Waals surface area contributed by atoms with Gasteiger partial charge in [-0.05, 0) is 18.9 Å². The van der Waals surface area contributed by atoms with E-state index in [1.54, 1.807) is 6.07 Å². The van der Waals surface area contributed by atoms with Crippen molar-refractivity contribution in [1.82, 2.24) is 5.32 Å². The Labute approximate surface area is 89.1 Å². The van der Waals surface area contributed by atoms with Gasteiger partial charge >= 0.3 is 0 Å². The number of benzene rings is 1. The van der Waals surface area contributed by atoms with Gasteiger partial charge in [-0.3, -0.25) is 0 Å². The number of phenolic OH excluding ortho intramolecular Hbond substituents is 2. The normalized spacial score (nSPS) is 16.0. The summed E-state index contributed by atoms with van der Waals surface area (Å²) in [5.74, 6) is -0.0743. The Kier molecular flexibility index (Phi) is 2.92. The molecule has 0 radical (unpaired) electrons. The van der Waals surface area contributed by atoms with Crippen LogP contribution in [-0.4, -0.2) is 16.3 Å². The van der Waals surface area contributed by atoms with E-state index in [0.717, 1.165) is 18.4 Å². The molecule has 1 aromatic rings. The van der Waals surface area contributed by atoms with E-state index in [1.807, 2.05) is 6.07 Å². The van der Waals surface area contributed by atoms with Gasteiger partial charge < -0.3 is 15.5 Å². The molecule has 15 heavy (non-hydrogen) atoms. The summed E-state index contributed by atoms with van der Waals surface area (Å²) in [7, 11) is 0. The maximum atomic E-state index is 9.57. The van der Waals surface area contributed by atoms with Gasteiger partial charge in [0.05, 0.1) is 0 Å². The van der Waals surface area contributed by atoms with Crippen LogP contribution in [0.5, 0.6) is 11.5 Å². The third-order valence-electron chi connectivity index (χ3n) is 2.69. The van der Waals surface area contributed by atoms with Gasteiger partial charge in [0, 0.05) is 18.2 Å². The minimum Gasteiger partial charge on any atom is -0.504 e. The zero-order chi connectivity index (χ0) is 10.7. The third-order valence-corrected chi connectivity index (χ3v) is 2.69. The first-order chi connectivity index (χ1) is 7.27. The Morgan fingerprint density at radius 3 is 2.67 bits per heavy atom. The Hall–Kier alpha value is -1.48. The maximum Gasteiger partial charge on any atom is 0.161 e. The average molecular weight is 205 g/mol. The lowest BCUT2D eigenvalue weighted by Gasteiger charge is -2.12. The van der Waals surface area contributed by atoms with Crippen LogP contribution in [0.3, 0.4) is 0 Å². The van der Waals surface area contributed by atoms with Gasteiger partial charge in [0.2, 0.25) is 0 Å². The second kappa shape index (κ2) is 4.36. The highest BCUT2D eigenvalue weighted by atomic mass is 16.3. The molecular weight excluding hydrogens is 190 g/mol. The van der Waals surface area contributed by atoms with Crippen LogP contribution in [0.25, 0.3) is 0 Å².